The maximum atomic E-state index is 12.6. The Labute approximate surface area is 125 Å². The fourth-order valence-corrected chi connectivity index (χ4v) is 2.63. The summed E-state index contributed by atoms with van der Waals surface area (Å²) in [5.74, 6) is 0.863. The molecule has 1 aliphatic rings. The molecule has 2 rings (SSSR count). The van der Waals surface area contributed by atoms with E-state index in [2.05, 4.69) is 29.5 Å². The lowest BCUT2D eigenvalue weighted by Crippen LogP contribution is -2.45. The van der Waals surface area contributed by atoms with Gasteiger partial charge in [-0.2, -0.15) is 0 Å². The molecule has 0 aliphatic carbocycles. The highest BCUT2D eigenvalue weighted by Crippen LogP contribution is 2.31. The third-order valence-electron chi connectivity index (χ3n) is 3.50. The van der Waals surface area contributed by atoms with Crippen LogP contribution in [-0.2, 0) is 15.1 Å². The molecule has 1 heterocycles. The number of benzene rings is 1. The van der Waals surface area contributed by atoms with E-state index in [-0.39, 0.29) is 5.91 Å². The first kappa shape index (κ1) is 15.5. The van der Waals surface area contributed by atoms with Crippen LogP contribution in [0.5, 0.6) is 0 Å². The molecule has 1 aliphatic heterocycles. The Balaban J connectivity index is 2.29. The smallest absolute Gasteiger partial charge is 0.257 e. The number of hydrogen-bond donors (Lipinski definition) is 2. The fourth-order valence-electron chi connectivity index (χ4n) is 2.63. The normalized spacial score (nSPS) is 23.4. The summed E-state index contributed by atoms with van der Waals surface area (Å²) in [5.41, 5.74) is 0.231. The van der Waals surface area contributed by atoms with Crippen molar-refractivity contribution in [3.05, 3.63) is 35.9 Å². The molecule has 0 aromatic heterocycles. The van der Waals surface area contributed by atoms with Gasteiger partial charge >= 0.3 is 0 Å². The molecule has 2 N–H and O–H groups in total. The Morgan fingerprint density at radius 1 is 1.29 bits per heavy atom. The first-order valence-electron chi connectivity index (χ1n) is 7.27. The summed E-state index contributed by atoms with van der Waals surface area (Å²) in [6, 6.07) is 9.81. The second kappa shape index (κ2) is 6.72. The van der Waals surface area contributed by atoms with E-state index < -0.39 is 5.54 Å². The van der Waals surface area contributed by atoms with Crippen molar-refractivity contribution in [3.63, 3.8) is 0 Å². The number of aliphatic imine (C=N–C) groups is 1. The topological polar surface area (TPSA) is 62.7 Å². The minimum absolute atomic E-state index is 0.0430. The Hall–Kier alpha value is -1.88. The summed E-state index contributed by atoms with van der Waals surface area (Å²) in [5, 5.41) is 6.15. The summed E-state index contributed by atoms with van der Waals surface area (Å²) >= 11 is 0. The number of hydrogen-bond acceptors (Lipinski definition) is 3. The van der Waals surface area contributed by atoms with Crippen LogP contribution in [0.15, 0.2) is 35.3 Å². The van der Waals surface area contributed by atoms with Crippen molar-refractivity contribution in [1.82, 2.24) is 10.6 Å². The van der Waals surface area contributed by atoms with E-state index in [1.54, 1.807) is 7.11 Å². The van der Waals surface area contributed by atoms with Crippen molar-refractivity contribution in [2.45, 2.75) is 25.8 Å². The summed E-state index contributed by atoms with van der Waals surface area (Å²) in [7, 11) is 1.63. The average Bonchev–Trinajstić information content (AvgIpc) is 2.77. The predicted molar refractivity (Wildman–Crippen MR) is 83.0 cm³/mol. The fraction of sp³-hybridized carbons (Fsp3) is 0.500. The van der Waals surface area contributed by atoms with Crippen LogP contribution in [0, 0.1) is 5.92 Å². The van der Waals surface area contributed by atoms with Gasteiger partial charge in [-0.25, -0.2) is 0 Å². The molecule has 1 amide bonds. The SMILES string of the molecule is COCCN=C1NC(=O)C(CC(C)C)(c2ccccc2)N1. The molecule has 5 heteroatoms. The lowest BCUT2D eigenvalue weighted by atomic mass is 9.82. The molecule has 0 bridgehead atoms. The molecule has 1 aromatic rings. The van der Waals surface area contributed by atoms with Gasteiger partial charge in [0.2, 0.25) is 0 Å². The molecule has 1 fully saturated rings. The molecule has 0 saturated carbocycles. The van der Waals surface area contributed by atoms with Crippen molar-refractivity contribution in [1.29, 1.82) is 0 Å². The van der Waals surface area contributed by atoms with E-state index in [1.165, 1.54) is 0 Å². The number of amides is 1. The third kappa shape index (κ3) is 3.42. The molecule has 0 radical (unpaired) electrons. The molecule has 1 aromatic carbocycles. The van der Waals surface area contributed by atoms with Crippen LogP contribution in [0.3, 0.4) is 0 Å². The van der Waals surface area contributed by atoms with E-state index in [1.807, 2.05) is 30.3 Å². The van der Waals surface area contributed by atoms with Gasteiger partial charge in [-0.3, -0.25) is 15.1 Å². The predicted octanol–water partition coefficient (Wildman–Crippen LogP) is 1.65. The average molecular weight is 289 g/mol. The number of nitrogens with zero attached hydrogens (tertiary/aromatic N) is 1. The van der Waals surface area contributed by atoms with E-state index in [4.69, 9.17) is 4.74 Å². The Morgan fingerprint density at radius 3 is 2.62 bits per heavy atom. The van der Waals surface area contributed by atoms with Crippen LogP contribution in [0.4, 0.5) is 0 Å². The van der Waals surface area contributed by atoms with E-state index in [0.29, 0.717) is 31.4 Å². The summed E-state index contributed by atoms with van der Waals surface area (Å²) in [6.45, 7) is 5.27. The molecule has 1 atom stereocenters. The maximum Gasteiger partial charge on any atom is 0.257 e. The Bertz CT molecular complexity index is 514. The first-order valence-corrected chi connectivity index (χ1v) is 7.27. The summed E-state index contributed by atoms with van der Waals surface area (Å²) in [6.07, 6.45) is 0.714. The Morgan fingerprint density at radius 2 is 2.00 bits per heavy atom. The largest absolute Gasteiger partial charge is 0.383 e. The first-order chi connectivity index (χ1) is 10.1. The molecule has 0 spiro atoms. The van der Waals surface area contributed by atoms with Crippen molar-refractivity contribution in [2.24, 2.45) is 10.9 Å². The summed E-state index contributed by atoms with van der Waals surface area (Å²) < 4.78 is 4.98. The van der Waals surface area contributed by atoms with Crippen LogP contribution in [0.1, 0.15) is 25.8 Å². The van der Waals surface area contributed by atoms with Gasteiger partial charge in [0.05, 0.1) is 13.2 Å². The standard InChI is InChI=1S/C16H23N3O2/c1-12(2)11-16(13-7-5-4-6-8-13)14(20)18-15(19-16)17-9-10-21-3/h4-8,12H,9-11H2,1-3H3,(H2,17,18,19,20). The lowest BCUT2D eigenvalue weighted by Gasteiger charge is -2.28. The van der Waals surface area contributed by atoms with Crippen LogP contribution in [-0.4, -0.2) is 32.1 Å². The van der Waals surface area contributed by atoms with Crippen molar-refractivity contribution in [3.8, 4) is 0 Å². The lowest BCUT2D eigenvalue weighted by molar-refractivity contribution is -0.124. The van der Waals surface area contributed by atoms with E-state index in [9.17, 15) is 4.79 Å². The zero-order valence-electron chi connectivity index (χ0n) is 12.8. The second-order valence-electron chi connectivity index (χ2n) is 5.67. The van der Waals surface area contributed by atoms with Gasteiger partial charge in [0.15, 0.2) is 5.96 Å². The third-order valence-corrected chi connectivity index (χ3v) is 3.50. The molecule has 1 saturated heterocycles. The molecule has 5 nitrogen and oxygen atoms in total. The van der Waals surface area contributed by atoms with Crippen LogP contribution < -0.4 is 10.6 Å². The van der Waals surface area contributed by atoms with Gasteiger partial charge in [-0.05, 0) is 17.9 Å². The van der Waals surface area contributed by atoms with Crippen LogP contribution in [0.2, 0.25) is 0 Å². The van der Waals surface area contributed by atoms with Gasteiger partial charge in [0.1, 0.15) is 5.54 Å². The highest BCUT2D eigenvalue weighted by atomic mass is 16.5. The van der Waals surface area contributed by atoms with Crippen molar-refractivity contribution >= 4 is 11.9 Å². The Kier molecular flexibility index (Phi) is 4.96. The zero-order valence-corrected chi connectivity index (χ0v) is 12.8. The van der Waals surface area contributed by atoms with Gasteiger partial charge in [0.25, 0.3) is 5.91 Å². The molecule has 1 unspecified atom stereocenters. The van der Waals surface area contributed by atoms with Crippen LogP contribution in [0.25, 0.3) is 0 Å². The maximum absolute atomic E-state index is 12.6. The molecular formula is C16H23N3O2. The minimum atomic E-state index is -0.735. The monoisotopic (exact) mass is 289 g/mol. The minimum Gasteiger partial charge on any atom is -0.383 e. The second-order valence-corrected chi connectivity index (χ2v) is 5.67. The van der Waals surface area contributed by atoms with Gasteiger partial charge in [-0.15, -0.1) is 0 Å². The quantitative estimate of drug-likeness (QED) is 0.783. The molecular weight excluding hydrogens is 266 g/mol. The molecule has 21 heavy (non-hydrogen) atoms. The van der Waals surface area contributed by atoms with Crippen molar-refractivity contribution < 1.29 is 9.53 Å². The van der Waals surface area contributed by atoms with E-state index in [0.717, 1.165) is 5.56 Å². The number of carbonyl (C=O) groups is 1. The zero-order chi connectivity index (χ0) is 15.3. The number of guanidine groups is 1. The van der Waals surface area contributed by atoms with Gasteiger partial charge in [-0.1, -0.05) is 44.2 Å². The van der Waals surface area contributed by atoms with Crippen LogP contribution >= 0.6 is 0 Å². The van der Waals surface area contributed by atoms with Gasteiger partial charge < -0.3 is 10.1 Å². The number of ether oxygens (including phenoxy) is 1. The van der Waals surface area contributed by atoms with Gasteiger partial charge in [0, 0.05) is 7.11 Å². The highest BCUT2D eigenvalue weighted by Gasteiger charge is 2.46. The summed E-state index contributed by atoms with van der Waals surface area (Å²) in [4.78, 5) is 16.9. The number of nitrogens with one attached hydrogen (secondary N) is 2. The number of carbonyl (C=O) groups excluding carboxylic acids is 1. The number of rotatable bonds is 6. The van der Waals surface area contributed by atoms with Crippen molar-refractivity contribution in [2.75, 3.05) is 20.3 Å². The molecule has 114 valence electrons. The number of methoxy groups -OCH3 is 1. The highest BCUT2D eigenvalue weighted by molar-refractivity contribution is 6.09. The van der Waals surface area contributed by atoms with E-state index >= 15 is 0 Å².